The number of hydrogen-bond acceptors (Lipinski definition) is 4. The van der Waals surface area contributed by atoms with Crippen LogP contribution in [-0.2, 0) is 9.59 Å². The molecule has 2 amide bonds. The number of aliphatic imine (C=N–C) groups is 1. The highest BCUT2D eigenvalue weighted by atomic mass is 35.5. The van der Waals surface area contributed by atoms with Crippen LogP contribution < -0.4 is 5.32 Å². The van der Waals surface area contributed by atoms with Crippen LogP contribution in [0.5, 0.6) is 0 Å². The van der Waals surface area contributed by atoms with Crippen molar-refractivity contribution in [1.29, 1.82) is 0 Å². The molecule has 5 nitrogen and oxygen atoms in total. The SMILES string of the molecule is CCN1C(=O)C[C@H](C(=O)Nc2ccc(Cl)cc2)SC1=Nc1ccc(F)cc1. The molecule has 1 aliphatic rings. The predicted molar refractivity (Wildman–Crippen MR) is 107 cm³/mol. The quantitative estimate of drug-likeness (QED) is 0.816. The first-order valence-electron chi connectivity index (χ1n) is 8.34. The fraction of sp³-hybridized carbons (Fsp3) is 0.211. The van der Waals surface area contributed by atoms with Crippen LogP contribution in [0.2, 0.25) is 5.02 Å². The number of carbonyl (C=O) groups excluding carboxylic acids is 2. The Labute approximate surface area is 165 Å². The molecule has 0 saturated carbocycles. The number of nitrogens with zero attached hydrogens (tertiary/aromatic N) is 2. The maximum Gasteiger partial charge on any atom is 0.238 e. The summed E-state index contributed by atoms with van der Waals surface area (Å²) in [6.07, 6.45) is 0.0837. The first kappa shape index (κ1) is 19.4. The number of anilines is 1. The highest BCUT2D eigenvalue weighted by Crippen LogP contribution is 2.30. The molecule has 3 rings (SSSR count). The van der Waals surface area contributed by atoms with Gasteiger partial charge in [-0.25, -0.2) is 9.38 Å². The topological polar surface area (TPSA) is 61.8 Å². The van der Waals surface area contributed by atoms with E-state index in [2.05, 4.69) is 10.3 Å². The molecule has 0 radical (unpaired) electrons. The van der Waals surface area contributed by atoms with Crippen LogP contribution in [0, 0.1) is 5.82 Å². The monoisotopic (exact) mass is 405 g/mol. The van der Waals surface area contributed by atoms with Gasteiger partial charge in [0.2, 0.25) is 11.8 Å². The summed E-state index contributed by atoms with van der Waals surface area (Å²) in [6.45, 7) is 2.28. The second-order valence-corrected chi connectivity index (χ2v) is 7.42. The van der Waals surface area contributed by atoms with E-state index in [1.807, 2.05) is 6.92 Å². The molecular formula is C19H17ClFN3O2S. The molecule has 1 atom stereocenters. The molecule has 8 heteroatoms. The molecule has 1 N–H and O–H groups in total. The van der Waals surface area contributed by atoms with Gasteiger partial charge in [0.1, 0.15) is 11.1 Å². The Morgan fingerprint density at radius 2 is 1.93 bits per heavy atom. The van der Waals surface area contributed by atoms with Crippen LogP contribution in [0.4, 0.5) is 15.8 Å². The van der Waals surface area contributed by atoms with Crippen molar-refractivity contribution >= 4 is 51.7 Å². The van der Waals surface area contributed by atoms with Gasteiger partial charge in [0.05, 0.1) is 5.69 Å². The number of rotatable bonds is 4. The molecule has 0 spiro atoms. The number of halogens is 2. The maximum absolute atomic E-state index is 13.1. The lowest BCUT2D eigenvalue weighted by atomic mass is 10.2. The maximum atomic E-state index is 13.1. The van der Waals surface area contributed by atoms with E-state index >= 15 is 0 Å². The summed E-state index contributed by atoms with van der Waals surface area (Å²) in [5, 5.41) is 3.19. The lowest BCUT2D eigenvalue weighted by Crippen LogP contribution is -2.45. The largest absolute Gasteiger partial charge is 0.325 e. The molecular weight excluding hydrogens is 389 g/mol. The second-order valence-electron chi connectivity index (χ2n) is 5.82. The lowest BCUT2D eigenvalue weighted by molar-refractivity contribution is -0.129. The van der Waals surface area contributed by atoms with Gasteiger partial charge in [0, 0.05) is 23.7 Å². The van der Waals surface area contributed by atoms with E-state index in [1.54, 1.807) is 24.3 Å². The lowest BCUT2D eigenvalue weighted by Gasteiger charge is -2.30. The van der Waals surface area contributed by atoms with Gasteiger partial charge < -0.3 is 5.32 Å². The Balaban J connectivity index is 1.79. The number of benzene rings is 2. The normalized spacial score (nSPS) is 18.6. The Morgan fingerprint density at radius 1 is 1.26 bits per heavy atom. The first-order valence-corrected chi connectivity index (χ1v) is 9.59. The number of carbonyl (C=O) groups is 2. The number of amides is 2. The van der Waals surface area contributed by atoms with Crippen molar-refractivity contribution in [1.82, 2.24) is 4.90 Å². The number of hydrogen-bond donors (Lipinski definition) is 1. The fourth-order valence-corrected chi connectivity index (χ4v) is 3.82. The van der Waals surface area contributed by atoms with Gasteiger partial charge in [-0.2, -0.15) is 0 Å². The smallest absolute Gasteiger partial charge is 0.238 e. The third kappa shape index (κ3) is 4.87. The third-order valence-electron chi connectivity index (χ3n) is 3.91. The molecule has 0 unspecified atom stereocenters. The predicted octanol–water partition coefficient (Wildman–Crippen LogP) is 4.46. The van der Waals surface area contributed by atoms with Crippen molar-refractivity contribution in [2.75, 3.05) is 11.9 Å². The van der Waals surface area contributed by atoms with Crippen molar-refractivity contribution in [3.8, 4) is 0 Å². The zero-order chi connectivity index (χ0) is 19.4. The van der Waals surface area contributed by atoms with Crippen molar-refractivity contribution in [3.05, 3.63) is 59.4 Å². The van der Waals surface area contributed by atoms with E-state index in [0.29, 0.717) is 28.1 Å². The summed E-state index contributed by atoms with van der Waals surface area (Å²) in [5.74, 6) is -0.814. The van der Waals surface area contributed by atoms with Crippen molar-refractivity contribution in [2.24, 2.45) is 4.99 Å². The van der Waals surface area contributed by atoms with Gasteiger partial charge in [-0.05, 0) is 55.5 Å². The van der Waals surface area contributed by atoms with Gasteiger partial charge in [0.15, 0.2) is 5.17 Å². The van der Waals surface area contributed by atoms with E-state index in [-0.39, 0.29) is 24.1 Å². The highest BCUT2D eigenvalue weighted by molar-refractivity contribution is 8.15. The zero-order valence-electron chi connectivity index (χ0n) is 14.5. The van der Waals surface area contributed by atoms with Crippen LogP contribution in [0.3, 0.4) is 0 Å². The third-order valence-corrected chi connectivity index (χ3v) is 5.35. The molecule has 2 aromatic carbocycles. The Hall–Kier alpha value is -2.38. The molecule has 0 bridgehead atoms. The van der Waals surface area contributed by atoms with Gasteiger partial charge in [-0.3, -0.25) is 14.5 Å². The molecule has 140 valence electrons. The summed E-state index contributed by atoms with van der Waals surface area (Å²) in [6, 6.07) is 12.4. The first-order chi connectivity index (χ1) is 13.0. The van der Waals surface area contributed by atoms with Crippen LogP contribution in [0.15, 0.2) is 53.5 Å². The van der Waals surface area contributed by atoms with Gasteiger partial charge in [-0.1, -0.05) is 23.4 Å². The Bertz CT molecular complexity index is 872. The van der Waals surface area contributed by atoms with Gasteiger partial charge in [-0.15, -0.1) is 0 Å². The molecule has 1 aliphatic heterocycles. The van der Waals surface area contributed by atoms with Crippen LogP contribution >= 0.6 is 23.4 Å². The van der Waals surface area contributed by atoms with Crippen molar-refractivity contribution < 1.29 is 14.0 Å². The molecule has 27 heavy (non-hydrogen) atoms. The molecule has 0 aliphatic carbocycles. The fourth-order valence-electron chi connectivity index (χ4n) is 2.53. The Kier molecular flexibility index (Phi) is 6.13. The minimum atomic E-state index is -0.602. The average Bonchev–Trinajstić information content (AvgIpc) is 2.65. The average molecular weight is 406 g/mol. The molecule has 1 fully saturated rings. The number of nitrogens with one attached hydrogen (secondary N) is 1. The van der Waals surface area contributed by atoms with Crippen molar-refractivity contribution in [2.45, 2.75) is 18.6 Å². The number of thioether (sulfide) groups is 1. The van der Waals surface area contributed by atoms with Crippen LogP contribution in [-0.4, -0.2) is 33.7 Å². The van der Waals surface area contributed by atoms with E-state index in [0.717, 1.165) is 0 Å². The van der Waals surface area contributed by atoms with Crippen LogP contribution in [0.25, 0.3) is 0 Å². The zero-order valence-corrected chi connectivity index (χ0v) is 16.1. The van der Waals surface area contributed by atoms with E-state index < -0.39 is 5.25 Å². The van der Waals surface area contributed by atoms with Crippen LogP contribution in [0.1, 0.15) is 13.3 Å². The summed E-state index contributed by atoms with van der Waals surface area (Å²) in [4.78, 5) is 31.0. The van der Waals surface area contributed by atoms with E-state index in [1.165, 1.54) is 40.9 Å². The standard InChI is InChI=1S/C19H17ClFN3O2S/c1-2-24-17(25)11-16(18(26)22-14-7-3-12(20)4-8-14)27-19(24)23-15-9-5-13(21)6-10-15/h3-10,16H,2,11H2,1H3,(H,22,26)/t16-/m1/s1. The van der Waals surface area contributed by atoms with Crippen molar-refractivity contribution in [3.63, 3.8) is 0 Å². The van der Waals surface area contributed by atoms with E-state index in [4.69, 9.17) is 11.6 Å². The van der Waals surface area contributed by atoms with E-state index in [9.17, 15) is 14.0 Å². The minimum absolute atomic E-state index is 0.0837. The molecule has 0 aromatic heterocycles. The summed E-state index contributed by atoms with van der Waals surface area (Å²) < 4.78 is 13.1. The minimum Gasteiger partial charge on any atom is -0.325 e. The molecule has 1 heterocycles. The van der Waals surface area contributed by atoms with Gasteiger partial charge >= 0.3 is 0 Å². The second kappa shape index (κ2) is 8.54. The molecule has 1 saturated heterocycles. The Morgan fingerprint density at radius 3 is 2.56 bits per heavy atom. The van der Waals surface area contributed by atoms with Gasteiger partial charge in [0.25, 0.3) is 0 Å². The molecule has 2 aromatic rings. The summed E-state index contributed by atoms with van der Waals surface area (Å²) in [5.41, 5.74) is 1.12. The summed E-state index contributed by atoms with van der Waals surface area (Å²) >= 11 is 7.07. The number of amidine groups is 1. The summed E-state index contributed by atoms with van der Waals surface area (Å²) in [7, 11) is 0. The highest BCUT2D eigenvalue weighted by Gasteiger charge is 2.35.